The van der Waals surface area contributed by atoms with Crippen molar-refractivity contribution in [2.24, 2.45) is 5.92 Å². The van der Waals surface area contributed by atoms with Crippen LogP contribution in [0.2, 0.25) is 5.02 Å². The average Bonchev–Trinajstić information content (AvgIpc) is 2.41. The van der Waals surface area contributed by atoms with Gasteiger partial charge in [0.05, 0.1) is 16.7 Å². The molecule has 6 heteroatoms. The first-order valence-electron chi connectivity index (χ1n) is 6.74. The fraction of sp³-hybridized carbons (Fsp3) is 0.429. The molecule has 0 bridgehead atoms. The molecule has 4 N–H and O–H groups in total. The van der Waals surface area contributed by atoms with E-state index >= 15 is 0 Å². The highest BCUT2D eigenvalue weighted by Crippen LogP contribution is 2.53. The van der Waals surface area contributed by atoms with E-state index in [4.69, 9.17) is 11.6 Å². The zero-order valence-corrected chi connectivity index (χ0v) is 12.8. The van der Waals surface area contributed by atoms with Crippen molar-refractivity contribution >= 4 is 28.1 Å². The van der Waals surface area contributed by atoms with E-state index in [9.17, 15) is 9.11 Å². The summed E-state index contributed by atoms with van der Waals surface area (Å²) >= 11 is 6.15. The van der Waals surface area contributed by atoms with E-state index < -0.39 is 10.8 Å². The maximum atomic E-state index is 10.4. The molecule has 1 aromatic rings. The van der Waals surface area contributed by atoms with Crippen molar-refractivity contribution in [1.82, 2.24) is 4.72 Å². The first kappa shape index (κ1) is 14.2. The van der Waals surface area contributed by atoms with Gasteiger partial charge in [-0.25, -0.2) is 0 Å². The third kappa shape index (κ3) is 2.56. The molecule has 2 unspecified atom stereocenters. The van der Waals surface area contributed by atoms with Crippen LogP contribution >= 0.6 is 22.4 Å². The predicted octanol–water partition coefficient (Wildman–Crippen LogP) is 4.37. The van der Waals surface area contributed by atoms with Crippen LogP contribution < -0.4 is 10.0 Å². The summed E-state index contributed by atoms with van der Waals surface area (Å²) in [6, 6.07) is 3.52. The van der Waals surface area contributed by atoms with Gasteiger partial charge in [-0.15, -0.1) is 10.8 Å². The molecule has 2 atom stereocenters. The second kappa shape index (κ2) is 5.24. The van der Waals surface area contributed by atoms with E-state index in [0.717, 1.165) is 30.5 Å². The zero-order valence-electron chi connectivity index (χ0n) is 11.3. The summed E-state index contributed by atoms with van der Waals surface area (Å²) in [5.41, 5.74) is 1.56. The van der Waals surface area contributed by atoms with Gasteiger partial charge in [0, 0.05) is 5.02 Å². The molecule has 0 aromatic heterocycles. The standard InChI is InChI=1S/C14H19ClN2O2S/c1-9-7-13-12(8-11(9)15)16-14(17-20(13,18)19)10-5-3-2-4-6-10/h2-3,7-8,10,14,16-19H,4-6H2,1H3. The van der Waals surface area contributed by atoms with Gasteiger partial charge in [0.25, 0.3) is 0 Å². The quantitative estimate of drug-likeness (QED) is 0.581. The summed E-state index contributed by atoms with van der Waals surface area (Å²) in [7, 11) is -2.98. The van der Waals surface area contributed by atoms with Gasteiger partial charge in [0.1, 0.15) is 0 Å². The van der Waals surface area contributed by atoms with Crippen molar-refractivity contribution in [2.75, 3.05) is 5.32 Å². The molecule has 0 spiro atoms. The number of aryl methyl sites for hydroxylation is 1. The number of nitrogens with one attached hydrogen (secondary N) is 2. The van der Waals surface area contributed by atoms with Crippen molar-refractivity contribution in [1.29, 1.82) is 0 Å². The second-order valence-electron chi connectivity index (χ2n) is 5.43. The Morgan fingerprint density at radius 3 is 2.80 bits per heavy atom. The lowest BCUT2D eigenvalue weighted by atomic mass is 9.91. The zero-order chi connectivity index (χ0) is 14.3. The van der Waals surface area contributed by atoms with Crippen LogP contribution in [0, 0.1) is 12.8 Å². The van der Waals surface area contributed by atoms with Crippen LogP contribution in [0.1, 0.15) is 24.8 Å². The Balaban J connectivity index is 1.94. The predicted molar refractivity (Wildman–Crippen MR) is 84.3 cm³/mol. The van der Waals surface area contributed by atoms with Gasteiger partial charge < -0.3 is 5.32 Å². The topological polar surface area (TPSA) is 64.5 Å². The van der Waals surface area contributed by atoms with Gasteiger partial charge >= 0.3 is 0 Å². The number of rotatable bonds is 1. The van der Waals surface area contributed by atoms with E-state index in [1.807, 2.05) is 6.92 Å². The number of halogens is 1. The number of anilines is 1. The van der Waals surface area contributed by atoms with Crippen molar-refractivity contribution < 1.29 is 9.11 Å². The van der Waals surface area contributed by atoms with Crippen LogP contribution in [0.15, 0.2) is 29.2 Å². The molecule has 20 heavy (non-hydrogen) atoms. The van der Waals surface area contributed by atoms with Crippen LogP contribution in [0.5, 0.6) is 0 Å². The molecule has 1 heterocycles. The number of fused-ring (bicyclic) bond motifs is 1. The minimum Gasteiger partial charge on any atom is -0.367 e. The molecule has 110 valence electrons. The van der Waals surface area contributed by atoms with Gasteiger partial charge in [0.15, 0.2) is 0 Å². The summed E-state index contributed by atoms with van der Waals surface area (Å²) in [4.78, 5) is 0.502. The lowest BCUT2D eigenvalue weighted by Crippen LogP contribution is -2.47. The van der Waals surface area contributed by atoms with E-state index in [2.05, 4.69) is 22.2 Å². The second-order valence-corrected chi connectivity index (χ2v) is 7.61. The minimum atomic E-state index is -2.98. The summed E-state index contributed by atoms with van der Waals surface area (Å²) in [6.45, 7) is 1.86. The molecule has 1 aliphatic heterocycles. The maximum absolute atomic E-state index is 10.4. The van der Waals surface area contributed by atoms with Gasteiger partial charge in [-0.3, -0.25) is 9.11 Å². The molecule has 0 radical (unpaired) electrons. The van der Waals surface area contributed by atoms with Crippen LogP contribution in [-0.2, 0) is 0 Å². The Morgan fingerprint density at radius 1 is 1.30 bits per heavy atom. The molecule has 0 amide bonds. The van der Waals surface area contributed by atoms with E-state index in [-0.39, 0.29) is 6.17 Å². The molecule has 3 rings (SSSR count). The summed E-state index contributed by atoms with van der Waals surface area (Å²) in [5, 5.41) is 4.00. The smallest absolute Gasteiger partial charge is 0.0986 e. The number of hydrogen-bond acceptors (Lipinski definition) is 4. The molecule has 2 aliphatic rings. The van der Waals surface area contributed by atoms with E-state index in [1.54, 1.807) is 12.1 Å². The first-order valence-corrected chi connectivity index (χ1v) is 8.67. The highest BCUT2D eigenvalue weighted by Gasteiger charge is 2.34. The average molecular weight is 315 g/mol. The number of benzene rings is 1. The van der Waals surface area contributed by atoms with Gasteiger partial charge in [-0.05, 0) is 49.8 Å². The highest BCUT2D eigenvalue weighted by molar-refractivity contribution is 8.22. The first-order chi connectivity index (χ1) is 9.47. The number of allylic oxidation sites excluding steroid dienone is 2. The molecule has 4 nitrogen and oxygen atoms in total. The molecule has 1 aliphatic carbocycles. The Kier molecular flexibility index (Phi) is 3.73. The van der Waals surface area contributed by atoms with Gasteiger partial charge in [0.2, 0.25) is 0 Å². The Hall–Kier alpha value is -0.720. The third-order valence-electron chi connectivity index (χ3n) is 3.95. The summed E-state index contributed by atoms with van der Waals surface area (Å²) in [6.07, 6.45) is 7.19. The van der Waals surface area contributed by atoms with Gasteiger partial charge in [-0.2, -0.15) is 4.72 Å². The lowest BCUT2D eigenvalue weighted by Gasteiger charge is -2.46. The largest absolute Gasteiger partial charge is 0.367 e. The van der Waals surface area contributed by atoms with E-state index in [1.165, 1.54) is 0 Å². The minimum absolute atomic E-state index is 0.142. The third-order valence-corrected chi connectivity index (χ3v) is 5.89. The SMILES string of the molecule is Cc1cc2c(cc1Cl)NC(C1CC=CCC1)NS2(O)O. The fourth-order valence-electron chi connectivity index (χ4n) is 2.77. The molecular formula is C14H19ClN2O2S. The summed E-state index contributed by atoms with van der Waals surface area (Å²) in [5.74, 6) is 0.347. The van der Waals surface area contributed by atoms with Gasteiger partial charge in [-0.1, -0.05) is 23.8 Å². The van der Waals surface area contributed by atoms with Crippen molar-refractivity contribution in [3.63, 3.8) is 0 Å². The van der Waals surface area contributed by atoms with Crippen LogP contribution in [0.4, 0.5) is 5.69 Å². The highest BCUT2D eigenvalue weighted by atomic mass is 35.5. The molecule has 0 fully saturated rings. The number of hydrogen-bond donors (Lipinski definition) is 4. The van der Waals surface area contributed by atoms with Crippen LogP contribution in [-0.4, -0.2) is 15.3 Å². The monoisotopic (exact) mass is 314 g/mol. The van der Waals surface area contributed by atoms with Crippen LogP contribution in [0.3, 0.4) is 0 Å². The Morgan fingerprint density at radius 2 is 2.10 bits per heavy atom. The lowest BCUT2D eigenvalue weighted by molar-refractivity contribution is 0.366. The molecule has 1 aromatic carbocycles. The maximum Gasteiger partial charge on any atom is 0.0986 e. The normalized spacial score (nSPS) is 29.4. The fourth-order valence-corrected chi connectivity index (χ4v) is 4.44. The Labute approximate surface area is 125 Å². The van der Waals surface area contributed by atoms with Crippen molar-refractivity contribution in [3.05, 3.63) is 34.9 Å². The molecule has 0 saturated carbocycles. The van der Waals surface area contributed by atoms with E-state index in [0.29, 0.717) is 15.8 Å². The van der Waals surface area contributed by atoms with Crippen molar-refractivity contribution in [2.45, 2.75) is 37.2 Å². The molecule has 0 saturated heterocycles. The van der Waals surface area contributed by atoms with Crippen molar-refractivity contribution in [3.8, 4) is 0 Å². The summed E-state index contributed by atoms with van der Waals surface area (Å²) < 4.78 is 23.7. The van der Waals surface area contributed by atoms with Crippen LogP contribution in [0.25, 0.3) is 0 Å². The Bertz CT molecular complexity index is 562. The molecular weight excluding hydrogens is 296 g/mol.